The molecular formula is C10H14N2. The van der Waals surface area contributed by atoms with Gasteiger partial charge < -0.3 is 5.41 Å². The average Bonchev–Trinajstić information content (AvgIpc) is 1.91. The van der Waals surface area contributed by atoms with E-state index in [-0.39, 0.29) is 5.54 Å². The van der Waals surface area contributed by atoms with Crippen molar-refractivity contribution in [2.45, 2.75) is 26.3 Å². The molecule has 0 aromatic carbocycles. The third kappa shape index (κ3) is 2.82. The van der Waals surface area contributed by atoms with Crippen molar-refractivity contribution in [2.75, 3.05) is 0 Å². The molecule has 2 heteroatoms. The van der Waals surface area contributed by atoms with Crippen molar-refractivity contribution >= 4 is 11.4 Å². The third-order valence-electron chi connectivity index (χ3n) is 1.33. The van der Waals surface area contributed by atoms with E-state index in [0.717, 1.165) is 5.71 Å². The Labute approximate surface area is 73.2 Å². The molecule has 0 aromatic heterocycles. The highest BCUT2D eigenvalue weighted by molar-refractivity contribution is 6.17. The first-order valence-corrected chi connectivity index (χ1v) is 4.02. The van der Waals surface area contributed by atoms with Crippen LogP contribution in [-0.4, -0.2) is 17.0 Å². The van der Waals surface area contributed by atoms with E-state index in [1.54, 1.807) is 12.2 Å². The standard InChI is InChI=1S/C10H14N2/c1-10(2,3)12-9-6-4-8(11)5-7-9/h4-7,11H,1-3H3. The van der Waals surface area contributed by atoms with Gasteiger partial charge >= 0.3 is 0 Å². The van der Waals surface area contributed by atoms with Gasteiger partial charge in [0.25, 0.3) is 0 Å². The van der Waals surface area contributed by atoms with Crippen LogP contribution in [0.15, 0.2) is 29.3 Å². The summed E-state index contributed by atoms with van der Waals surface area (Å²) in [5, 5.41) is 7.28. The van der Waals surface area contributed by atoms with Gasteiger partial charge in [-0.15, -0.1) is 0 Å². The molecule has 0 fully saturated rings. The van der Waals surface area contributed by atoms with Crippen molar-refractivity contribution in [1.29, 1.82) is 5.41 Å². The lowest BCUT2D eigenvalue weighted by atomic mass is 10.1. The molecule has 0 saturated carbocycles. The second-order valence-corrected chi connectivity index (χ2v) is 3.83. The fourth-order valence-corrected chi connectivity index (χ4v) is 0.923. The zero-order valence-electron chi connectivity index (χ0n) is 7.76. The van der Waals surface area contributed by atoms with Gasteiger partial charge in [-0.2, -0.15) is 0 Å². The van der Waals surface area contributed by atoms with Crippen molar-refractivity contribution in [2.24, 2.45) is 4.99 Å². The number of nitrogens with one attached hydrogen (secondary N) is 1. The molecule has 0 bridgehead atoms. The van der Waals surface area contributed by atoms with Crippen molar-refractivity contribution < 1.29 is 0 Å². The highest BCUT2D eigenvalue weighted by Crippen LogP contribution is 2.09. The number of allylic oxidation sites excluding steroid dienone is 4. The summed E-state index contributed by atoms with van der Waals surface area (Å²) in [4.78, 5) is 4.45. The Kier molecular flexibility index (Phi) is 2.27. The summed E-state index contributed by atoms with van der Waals surface area (Å²) in [7, 11) is 0. The highest BCUT2D eigenvalue weighted by atomic mass is 14.8. The van der Waals surface area contributed by atoms with Crippen LogP contribution in [0.3, 0.4) is 0 Å². The zero-order valence-corrected chi connectivity index (χ0v) is 7.76. The Morgan fingerprint density at radius 1 is 1.08 bits per heavy atom. The van der Waals surface area contributed by atoms with Gasteiger partial charge in [0.2, 0.25) is 0 Å². The maximum atomic E-state index is 7.28. The van der Waals surface area contributed by atoms with Gasteiger partial charge in [0, 0.05) is 0 Å². The summed E-state index contributed by atoms with van der Waals surface area (Å²) in [6.45, 7) is 6.17. The van der Waals surface area contributed by atoms with Crippen LogP contribution in [0.5, 0.6) is 0 Å². The van der Waals surface area contributed by atoms with Crippen LogP contribution in [-0.2, 0) is 0 Å². The summed E-state index contributed by atoms with van der Waals surface area (Å²) in [6, 6.07) is 0. The Hall–Kier alpha value is -1.18. The molecule has 0 spiro atoms. The molecule has 1 aliphatic carbocycles. The predicted octanol–water partition coefficient (Wildman–Crippen LogP) is 2.37. The number of nitrogens with zero attached hydrogens (tertiary/aromatic N) is 1. The van der Waals surface area contributed by atoms with Crippen LogP contribution >= 0.6 is 0 Å². The average molecular weight is 162 g/mol. The molecule has 0 radical (unpaired) electrons. The molecule has 0 heterocycles. The van der Waals surface area contributed by atoms with Gasteiger partial charge in [0.15, 0.2) is 0 Å². The molecule has 0 unspecified atom stereocenters. The minimum Gasteiger partial charge on any atom is -0.301 e. The van der Waals surface area contributed by atoms with E-state index in [4.69, 9.17) is 5.41 Å². The Morgan fingerprint density at radius 2 is 1.58 bits per heavy atom. The number of hydrogen-bond donors (Lipinski definition) is 1. The zero-order chi connectivity index (χ0) is 9.19. The molecule has 12 heavy (non-hydrogen) atoms. The fourth-order valence-electron chi connectivity index (χ4n) is 0.923. The summed E-state index contributed by atoms with van der Waals surface area (Å²) >= 11 is 0. The first kappa shape index (κ1) is 8.91. The van der Waals surface area contributed by atoms with Crippen LogP contribution in [0.1, 0.15) is 20.8 Å². The highest BCUT2D eigenvalue weighted by Gasteiger charge is 2.07. The monoisotopic (exact) mass is 162 g/mol. The molecular weight excluding hydrogens is 148 g/mol. The number of hydrogen-bond acceptors (Lipinski definition) is 2. The van der Waals surface area contributed by atoms with E-state index in [9.17, 15) is 0 Å². The number of aliphatic imine (C=N–C) groups is 1. The van der Waals surface area contributed by atoms with Gasteiger partial charge in [-0.3, -0.25) is 4.99 Å². The summed E-state index contributed by atoms with van der Waals surface area (Å²) in [5.41, 5.74) is 1.44. The van der Waals surface area contributed by atoms with E-state index in [1.165, 1.54) is 0 Å². The SMILES string of the molecule is CC(C)(C)N=C1C=CC(=N)C=C1. The molecule has 1 rings (SSSR count). The molecule has 1 N–H and O–H groups in total. The molecule has 0 aliphatic heterocycles. The first-order valence-electron chi connectivity index (χ1n) is 4.02. The molecule has 0 saturated heterocycles. The summed E-state index contributed by atoms with van der Waals surface area (Å²) in [5.74, 6) is 0. The van der Waals surface area contributed by atoms with Crippen molar-refractivity contribution in [1.82, 2.24) is 0 Å². The molecule has 2 nitrogen and oxygen atoms in total. The molecule has 64 valence electrons. The largest absolute Gasteiger partial charge is 0.301 e. The Balaban J connectivity index is 2.81. The molecule has 1 aliphatic rings. The molecule has 0 atom stereocenters. The van der Waals surface area contributed by atoms with Crippen LogP contribution in [0.25, 0.3) is 0 Å². The van der Waals surface area contributed by atoms with Gasteiger partial charge in [-0.05, 0) is 45.1 Å². The van der Waals surface area contributed by atoms with Crippen molar-refractivity contribution in [3.63, 3.8) is 0 Å². The van der Waals surface area contributed by atoms with Crippen molar-refractivity contribution in [3.05, 3.63) is 24.3 Å². The van der Waals surface area contributed by atoms with Crippen LogP contribution in [0.4, 0.5) is 0 Å². The van der Waals surface area contributed by atoms with Gasteiger partial charge in [-0.25, -0.2) is 0 Å². The topological polar surface area (TPSA) is 36.2 Å². The van der Waals surface area contributed by atoms with Crippen LogP contribution in [0, 0.1) is 5.41 Å². The third-order valence-corrected chi connectivity index (χ3v) is 1.33. The van der Waals surface area contributed by atoms with E-state index in [0.29, 0.717) is 5.71 Å². The smallest absolute Gasteiger partial charge is 0.0582 e. The van der Waals surface area contributed by atoms with Gasteiger partial charge in [0.1, 0.15) is 0 Å². The van der Waals surface area contributed by atoms with E-state index in [2.05, 4.69) is 25.8 Å². The molecule has 0 aromatic rings. The second-order valence-electron chi connectivity index (χ2n) is 3.83. The minimum atomic E-state index is -0.0382. The summed E-state index contributed by atoms with van der Waals surface area (Å²) in [6.07, 6.45) is 7.25. The lowest BCUT2D eigenvalue weighted by molar-refractivity contribution is 0.585. The number of rotatable bonds is 0. The Morgan fingerprint density at radius 3 is 2.00 bits per heavy atom. The molecule has 0 amide bonds. The van der Waals surface area contributed by atoms with Gasteiger partial charge in [0.05, 0.1) is 17.0 Å². The lowest BCUT2D eigenvalue weighted by Gasteiger charge is -2.13. The normalized spacial score (nSPS) is 16.9. The quantitative estimate of drug-likeness (QED) is 0.531. The van der Waals surface area contributed by atoms with E-state index in [1.807, 2.05) is 12.2 Å². The van der Waals surface area contributed by atoms with Crippen LogP contribution in [0.2, 0.25) is 0 Å². The van der Waals surface area contributed by atoms with E-state index < -0.39 is 0 Å². The maximum absolute atomic E-state index is 7.28. The predicted molar refractivity (Wildman–Crippen MR) is 53.2 cm³/mol. The van der Waals surface area contributed by atoms with Gasteiger partial charge in [-0.1, -0.05) is 0 Å². The second kappa shape index (κ2) is 3.05. The van der Waals surface area contributed by atoms with Crippen LogP contribution < -0.4 is 0 Å². The maximum Gasteiger partial charge on any atom is 0.0582 e. The lowest BCUT2D eigenvalue weighted by Crippen LogP contribution is -2.13. The van der Waals surface area contributed by atoms with E-state index >= 15 is 0 Å². The Bertz CT molecular complexity index is 257. The summed E-state index contributed by atoms with van der Waals surface area (Å²) < 4.78 is 0. The van der Waals surface area contributed by atoms with Crippen molar-refractivity contribution in [3.8, 4) is 0 Å². The minimum absolute atomic E-state index is 0.0382. The first-order chi connectivity index (χ1) is 5.47. The fraction of sp³-hybridized carbons (Fsp3) is 0.400.